The molecule has 2 fully saturated rings. The molecule has 6 nitrogen and oxygen atoms in total. The predicted molar refractivity (Wildman–Crippen MR) is 156 cm³/mol. The van der Waals surface area contributed by atoms with Gasteiger partial charge in [-0.15, -0.1) is 17.7 Å². The molecule has 267 valence electrons. The number of aliphatic hydroxyl groups is 1. The quantitative estimate of drug-likeness (QED) is 0.169. The van der Waals surface area contributed by atoms with E-state index in [2.05, 4.69) is 15.9 Å². The number of halogens is 9. The SMILES string of the molecule is CCC(=O)c1cc(CN2CCOCC2)cc(F)c1F.Fc1[c-]cc(CN2CCOCC2)cc1F.OCc1cc(F)c(F)c(C(F)(F)F)c1.[Y]. The van der Waals surface area contributed by atoms with Crippen LogP contribution in [-0.4, -0.2) is 73.3 Å². The topological polar surface area (TPSA) is 62.2 Å². The standard InChI is InChI=1S/C14H17F2NO2.C11H12F2NO.C8H5F5O.Y/c1-2-13(18)11-7-10(8-12(15)14(11)16)9-17-3-5-19-6-4-17;12-10-2-1-9(7-11(10)13)8-14-3-5-15-6-4-14;9-6-2-4(3-14)1-5(7(6)10)8(11,12)13;/h7-8H,2-6,9H2,1H3;1,7H,3-6,8H2;1-2,14H,3H2;/q;-1;;. The molecule has 16 heteroatoms. The first-order chi connectivity index (χ1) is 22.7. The predicted octanol–water partition coefficient (Wildman–Crippen LogP) is 6.46. The van der Waals surface area contributed by atoms with E-state index >= 15 is 0 Å². The molecular formula is C33H34F9N2O4Y-. The summed E-state index contributed by atoms with van der Waals surface area (Å²) < 4.78 is 124. The third-order valence-electron chi connectivity index (χ3n) is 7.21. The smallest absolute Gasteiger partial charge is 0.392 e. The number of nitrogens with zero attached hydrogens (tertiary/aromatic N) is 2. The number of hydrogen-bond donors (Lipinski definition) is 1. The van der Waals surface area contributed by atoms with Crippen LogP contribution in [0.4, 0.5) is 39.5 Å². The zero-order valence-corrected chi connectivity index (χ0v) is 29.3. The Kier molecular flexibility index (Phi) is 17.9. The summed E-state index contributed by atoms with van der Waals surface area (Å²) in [4.78, 5) is 15.8. The second-order valence-electron chi connectivity index (χ2n) is 10.8. The van der Waals surface area contributed by atoms with Gasteiger partial charge in [-0.05, 0) is 41.9 Å². The Morgan fingerprint density at radius 1 is 0.755 bits per heavy atom. The number of Topliss-reactive ketones (excluding diaryl/α,β-unsaturated/α-hetero) is 1. The van der Waals surface area contributed by atoms with Gasteiger partial charge in [-0.25, -0.2) is 22.0 Å². The third-order valence-corrected chi connectivity index (χ3v) is 7.21. The molecule has 49 heavy (non-hydrogen) atoms. The van der Waals surface area contributed by atoms with Gasteiger partial charge in [0.05, 0.1) is 44.2 Å². The molecule has 2 saturated heterocycles. The van der Waals surface area contributed by atoms with E-state index < -0.39 is 53.2 Å². The minimum Gasteiger partial charge on any atom is -0.392 e. The van der Waals surface area contributed by atoms with Crippen LogP contribution in [0.3, 0.4) is 0 Å². The maximum absolute atomic E-state index is 13.6. The van der Waals surface area contributed by atoms with Crippen LogP contribution < -0.4 is 0 Å². The number of ketones is 1. The zero-order chi connectivity index (χ0) is 35.4. The number of hydrogen-bond acceptors (Lipinski definition) is 6. The molecule has 0 aliphatic carbocycles. The van der Waals surface area contributed by atoms with E-state index in [0.717, 1.165) is 37.8 Å². The molecule has 5 rings (SSSR count). The van der Waals surface area contributed by atoms with Crippen LogP contribution in [0, 0.1) is 41.0 Å². The van der Waals surface area contributed by atoms with Crippen LogP contribution in [0.25, 0.3) is 0 Å². The summed E-state index contributed by atoms with van der Waals surface area (Å²) in [6.45, 7) is 7.86. The average Bonchev–Trinajstić information content (AvgIpc) is 3.06. The van der Waals surface area contributed by atoms with Gasteiger partial charge in [0.1, 0.15) is 0 Å². The molecule has 3 aromatic rings. The van der Waals surface area contributed by atoms with Crippen molar-refractivity contribution >= 4 is 5.78 Å². The molecule has 2 heterocycles. The number of aliphatic hydroxyl groups excluding tert-OH is 1. The summed E-state index contributed by atoms with van der Waals surface area (Å²) in [7, 11) is 0. The molecule has 2 aliphatic heterocycles. The molecule has 0 unspecified atom stereocenters. The van der Waals surface area contributed by atoms with E-state index in [-0.39, 0.29) is 56.0 Å². The van der Waals surface area contributed by atoms with Gasteiger partial charge in [0.25, 0.3) is 0 Å². The second-order valence-corrected chi connectivity index (χ2v) is 10.8. The summed E-state index contributed by atoms with van der Waals surface area (Å²) in [5.74, 6) is -7.69. The van der Waals surface area contributed by atoms with E-state index in [1.165, 1.54) is 18.2 Å². The molecule has 1 radical (unpaired) electrons. The van der Waals surface area contributed by atoms with Crippen molar-refractivity contribution in [3.8, 4) is 0 Å². The van der Waals surface area contributed by atoms with Crippen LogP contribution in [-0.2, 0) is 68.1 Å². The summed E-state index contributed by atoms with van der Waals surface area (Å²) >= 11 is 0. The van der Waals surface area contributed by atoms with Crippen molar-refractivity contribution in [3.05, 3.63) is 105 Å². The van der Waals surface area contributed by atoms with Gasteiger partial charge in [-0.2, -0.15) is 19.2 Å². The number of morpholine rings is 2. The fourth-order valence-corrected chi connectivity index (χ4v) is 4.69. The molecule has 0 saturated carbocycles. The van der Waals surface area contributed by atoms with Crippen molar-refractivity contribution in [1.29, 1.82) is 0 Å². The molecule has 1 N–H and O–H groups in total. The van der Waals surface area contributed by atoms with Gasteiger partial charge >= 0.3 is 6.18 Å². The first-order valence-corrected chi connectivity index (χ1v) is 14.9. The minimum atomic E-state index is -4.96. The van der Waals surface area contributed by atoms with Crippen molar-refractivity contribution in [3.63, 3.8) is 0 Å². The molecular weight excluding hydrogens is 748 g/mol. The van der Waals surface area contributed by atoms with Gasteiger partial charge in [0.2, 0.25) is 0 Å². The van der Waals surface area contributed by atoms with E-state index in [1.807, 2.05) is 0 Å². The maximum Gasteiger partial charge on any atom is 0.419 e. The van der Waals surface area contributed by atoms with E-state index in [4.69, 9.17) is 14.6 Å². The molecule has 0 spiro atoms. The summed E-state index contributed by atoms with van der Waals surface area (Å²) in [6.07, 6.45) is -4.80. The number of ether oxygens (including phenoxy) is 2. The minimum absolute atomic E-state index is 0. The Morgan fingerprint density at radius 2 is 1.24 bits per heavy atom. The van der Waals surface area contributed by atoms with Crippen LogP contribution in [0.15, 0.2) is 36.4 Å². The number of rotatable bonds is 7. The van der Waals surface area contributed by atoms with Crippen molar-refractivity contribution in [1.82, 2.24) is 9.80 Å². The fourth-order valence-electron chi connectivity index (χ4n) is 4.69. The van der Waals surface area contributed by atoms with Crippen molar-refractivity contribution in [2.24, 2.45) is 0 Å². The summed E-state index contributed by atoms with van der Waals surface area (Å²) in [6, 6.07) is 8.49. The molecule has 0 aromatic heterocycles. The van der Waals surface area contributed by atoms with Gasteiger partial charge in [0, 0.05) is 83.5 Å². The van der Waals surface area contributed by atoms with E-state index in [9.17, 15) is 44.3 Å². The van der Waals surface area contributed by atoms with Gasteiger partial charge in [-0.3, -0.25) is 14.1 Å². The van der Waals surface area contributed by atoms with Gasteiger partial charge < -0.3 is 19.5 Å². The molecule has 0 bridgehead atoms. The monoisotopic (exact) mass is 782 g/mol. The van der Waals surface area contributed by atoms with E-state index in [1.54, 1.807) is 6.92 Å². The molecule has 0 amide bonds. The van der Waals surface area contributed by atoms with E-state index in [0.29, 0.717) is 57.2 Å². The first kappa shape index (κ1) is 42.8. The van der Waals surface area contributed by atoms with Crippen LogP contribution in [0.1, 0.15) is 46.0 Å². The van der Waals surface area contributed by atoms with Gasteiger partial charge in [0.15, 0.2) is 29.1 Å². The van der Waals surface area contributed by atoms with Crippen molar-refractivity contribution < 1.29 is 91.6 Å². The third kappa shape index (κ3) is 13.3. The molecule has 3 aromatic carbocycles. The Morgan fingerprint density at radius 3 is 1.73 bits per heavy atom. The van der Waals surface area contributed by atoms with Crippen LogP contribution >= 0.6 is 0 Å². The number of carbonyl (C=O) groups is 1. The largest absolute Gasteiger partial charge is 0.419 e. The Hall–Kier alpha value is -2.40. The molecule has 0 atom stereocenters. The van der Waals surface area contributed by atoms with Gasteiger partial charge in [-0.1, -0.05) is 6.92 Å². The number of alkyl halides is 3. The second kappa shape index (κ2) is 20.5. The molecule has 2 aliphatic rings. The summed E-state index contributed by atoms with van der Waals surface area (Å²) in [5, 5.41) is 8.49. The maximum atomic E-state index is 13.6. The Balaban J connectivity index is 0.000000256. The van der Waals surface area contributed by atoms with Crippen molar-refractivity contribution in [2.75, 3.05) is 52.6 Å². The zero-order valence-electron chi connectivity index (χ0n) is 26.5. The first-order valence-electron chi connectivity index (χ1n) is 14.9. The van der Waals surface area contributed by atoms with Crippen LogP contribution in [0.2, 0.25) is 0 Å². The number of benzene rings is 3. The fraction of sp³-hybridized carbons (Fsp3) is 0.424. The average molecular weight is 783 g/mol. The Bertz CT molecular complexity index is 1520. The Labute approximate surface area is 303 Å². The summed E-state index contributed by atoms with van der Waals surface area (Å²) in [5.41, 5.74) is -0.808. The van der Waals surface area contributed by atoms with Crippen molar-refractivity contribution in [2.45, 2.75) is 39.2 Å². The van der Waals surface area contributed by atoms with Crippen LogP contribution in [0.5, 0.6) is 0 Å². The normalized spacial score (nSPS) is 15.3. The number of carbonyl (C=O) groups excluding carboxylic acids is 1.